The zero-order valence-corrected chi connectivity index (χ0v) is 22.6. The molecule has 3 aromatic carbocycles. The second kappa shape index (κ2) is 10.6. The van der Waals surface area contributed by atoms with Crippen LogP contribution in [0.2, 0.25) is 10.0 Å². The maximum atomic E-state index is 13.1. The first-order chi connectivity index (χ1) is 18.9. The molecular weight excluding hydrogens is 572 g/mol. The van der Waals surface area contributed by atoms with Gasteiger partial charge in [0.15, 0.2) is 11.7 Å². The summed E-state index contributed by atoms with van der Waals surface area (Å²) in [7, 11) is 0. The molecule has 208 valence electrons. The van der Waals surface area contributed by atoms with Gasteiger partial charge in [-0.05, 0) is 61.4 Å². The summed E-state index contributed by atoms with van der Waals surface area (Å²) in [6, 6.07) is 13.9. The fraction of sp³-hybridized carbons (Fsp3) is 0.214. The van der Waals surface area contributed by atoms with Gasteiger partial charge in [0, 0.05) is 50.8 Å². The van der Waals surface area contributed by atoms with Crippen molar-refractivity contribution in [2.24, 2.45) is 0 Å². The standard InChI is InChI=1S/C28H21Cl2F3N2O5/c1-3-23(27(36)37)38-17-6-9-21(30)15(10-17)13-35-14(2)25(26-20-7-4-16(29)11-24(20)40-34-26)19-8-5-18(12-22(19)35)39-28(31,32)33/h4-12,23H,3,13H2,1-2H3,(H,36,37)/t23-/m0/s1. The number of rotatable bonds is 8. The van der Waals surface area contributed by atoms with E-state index in [0.717, 1.165) is 0 Å². The van der Waals surface area contributed by atoms with Gasteiger partial charge >= 0.3 is 12.3 Å². The van der Waals surface area contributed by atoms with E-state index in [-0.39, 0.29) is 13.0 Å². The minimum atomic E-state index is -4.88. The number of alkyl halides is 3. The van der Waals surface area contributed by atoms with Gasteiger partial charge in [0.2, 0.25) is 0 Å². The molecule has 0 saturated carbocycles. The van der Waals surface area contributed by atoms with Crippen molar-refractivity contribution < 1.29 is 37.1 Å². The largest absolute Gasteiger partial charge is 0.573 e. The van der Waals surface area contributed by atoms with E-state index in [2.05, 4.69) is 9.89 Å². The second-order valence-corrected chi connectivity index (χ2v) is 9.89. The quantitative estimate of drug-likeness (QED) is 0.195. The van der Waals surface area contributed by atoms with Crippen molar-refractivity contribution in [2.75, 3.05) is 0 Å². The molecule has 0 aliphatic rings. The first-order valence-corrected chi connectivity index (χ1v) is 12.8. The number of benzene rings is 3. The molecule has 7 nitrogen and oxygen atoms in total. The van der Waals surface area contributed by atoms with Crippen molar-refractivity contribution >= 4 is 51.0 Å². The van der Waals surface area contributed by atoms with E-state index in [9.17, 15) is 23.1 Å². The molecule has 0 saturated heterocycles. The van der Waals surface area contributed by atoms with Crippen molar-refractivity contribution in [2.45, 2.75) is 39.3 Å². The normalized spacial score (nSPS) is 12.7. The molecule has 12 heteroatoms. The number of hydrogen-bond donors (Lipinski definition) is 1. The van der Waals surface area contributed by atoms with E-state index in [0.29, 0.717) is 60.2 Å². The van der Waals surface area contributed by atoms with E-state index in [4.69, 9.17) is 32.5 Å². The highest BCUT2D eigenvalue weighted by molar-refractivity contribution is 6.31. The third kappa shape index (κ3) is 5.41. The Bertz CT molecular complexity index is 1750. The summed E-state index contributed by atoms with van der Waals surface area (Å²) in [5.41, 5.74) is 3.26. The van der Waals surface area contributed by atoms with E-state index >= 15 is 0 Å². The lowest BCUT2D eigenvalue weighted by atomic mass is 10.0. The molecule has 0 unspecified atom stereocenters. The number of carbonyl (C=O) groups is 1. The number of hydrogen-bond acceptors (Lipinski definition) is 5. The predicted molar refractivity (Wildman–Crippen MR) is 144 cm³/mol. The number of fused-ring (bicyclic) bond motifs is 2. The average molecular weight is 593 g/mol. The zero-order valence-electron chi connectivity index (χ0n) is 21.1. The Morgan fingerprint density at radius 3 is 2.50 bits per heavy atom. The highest BCUT2D eigenvalue weighted by Gasteiger charge is 2.32. The lowest BCUT2D eigenvalue weighted by molar-refractivity contribution is -0.274. The molecule has 5 aromatic rings. The van der Waals surface area contributed by atoms with Crippen LogP contribution in [-0.2, 0) is 11.3 Å². The number of aromatic nitrogens is 2. The lowest BCUT2D eigenvalue weighted by Gasteiger charge is -2.16. The van der Waals surface area contributed by atoms with Crippen molar-refractivity contribution in [1.82, 2.24) is 9.72 Å². The average Bonchev–Trinajstić information content (AvgIpc) is 3.40. The number of carboxylic acid groups (broad SMARTS) is 1. The van der Waals surface area contributed by atoms with Gasteiger partial charge in [-0.2, -0.15) is 0 Å². The predicted octanol–water partition coefficient (Wildman–Crippen LogP) is 8.25. The van der Waals surface area contributed by atoms with Gasteiger partial charge in [0.1, 0.15) is 17.2 Å². The maximum Gasteiger partial charge on any atom is 0.573 e. The van der Waals surface area contributed by atoms with Crippen molar-refractivity contribution in [3.05, 3.63) is 75.9 Å². The minimum absolute atomic E-state index is 0.124. The molecular formula is C28H21Cl2F3N2O5. The van der Waals surface area contributed by atoms with Gasteiger partial charge in [0.25, 0.3) is 0 Å². The first-order valence-electron chi connectivity index (χ1n) is 12.1. The van der Waals surface area contributed by atoms with Gasteiger partial charge in [-0.3, -0.25) is 0 Å². The number of ether oxygens (including phenoxy) is 2. The number of halogens is 5. The van der Waals surface area contributed by atoms with Crippen molar-refractivity contribution in [1.29, 1.82) is 0 Å². The SMILES string of the molecule is CC[C@H](Oc1ccc(Cl)c(Cn2c(C)c(-c3noc4cc(Cl)ccc34)c3ccc(OC(F)(F)F)cc32)c1)C(=O)O. The maximum absolute atomic E-state index is 13.1. The van der Waals surface area contributed by atoms with Crippen LogP contribution in [0, 0.1) is 6.92 Å². The van der Waals surface area contributed by atoms with Crippen LogP contribution in [-0.4, -0.2) is 33.3 Å². The van der Waals surface area contributed by atoms with E-state index in [1.54, 1.807) is 47.9 Å². The summed E-state index contributed by atoms with van der Waals surface area (Å²) in [5, 5.41) is 15.7. The molecule has 0 bridgehead atoms. The highest BCUT2D eigenvalue weighted by atomic mass is 35.5. The Morgan fingerprint density at radius 1 is 1.07 bits per heavy atom. The van der Waals surface area contributed by atoms with Crippen LogP contribution in [0.15, 0.2) is 59.1 Å². The molecule has 0 aliphatic carbocycles. The molecule has 1 atom stereocenters. The van der Waals surface area contributed by atoms with Crippen molar-refractivity contribution in [3.63, 3.8) is 0 Å². The van der Waals surface area contributed by atoms with Crippen LogP contribution in [0.3, 0.4) is 0 Å². The monoisotopic (exact) mass is 592 g/mol. The van der Waals surface area contributed by atoms with Crippen LogP contribution < -0.4 is 9.47 Å². The molecule has 0 amide bonds. The Morgan fingerprint density at radius 2 is 1.80 bits per heavy atom. The van der Waals surface area contributed by atoms with Crippen molar-refractivity contribution in [3.8, 4) is 22.8 Å². The summed E-state index contributed by atoms with van der Waals surface area (Å²) in [5.74, 6) is -1.20. The van der Waals surface area contributed by atoms with Gasteiger partial charge in [-0.25, -0.2) is 4.79 Å². The fourth-order valence-electron chi connectivity index (χ4n) is 4.64. The Labute approximate surface area is 235 Å². The van der Waals surface area contributed by atoms with Gasteiger partial charge in [-0.1, -0.05) is 35.3 Å². The molecule has 0 fully saturated rings. The highest BCUT2D eigenvalue weighted by Crippen LogP contribution is 2.41. The number of aliphatic carboxylic acids is 1. The molecule has 2 aromatic heterocycles. The van der Waals surface area contributed by atoms with Gasteiger partial charge in [0.05, 0.1) is 5.52 Å². The summed E-state index contributed by atoms with van der Waals surface area (Å²) in [6.45, 7) is 3.62. The lowest BCUT2D eigenvalue weighted by Crippen LogP contribution is -2.25. The summed E-state index contributed by atoms with van der Waals surface area (Å²) >= 11 is 12.6. The summed E-state index contributed by atoms with van der Waals surface area (Å²) < 4.78 is 56.3. The Kier molecular flexibility index (Phi) is 7.32. The Balaban J connectivity index is 1.66. The molecule has 0 radical (unpaired) electrons. The third-order valence-electron chi connectivity index (χ3n) is 6.47. The summed E-state index contributed by atoms with van der Waals surface area (Å²) in [6.07, 6.45) is -5.68. The molecule has 2 heterocycles. The van der Waals surface area contributed by atoms with Crippen LogP contribution in [0.25, 0.3) is 33.1 Å². The first kappa shape index (κ1) is 27.7. The molecule has 5 rings (SSSR count). The molecule has 1 N–H and O–H groups in total. The van der Waals surface area contributed by atoms with Crippen LogP contribution in [0.5, 0.6) is 11.5 Å². The minimum Gasteiger partial charge on any atom is -0.479 e. The zero-order chi connectivity index (χ0) is 28.8. The Hall–Kier alpha value is -3.89. The second-order valence-electron chi connectivity index (χ2n) is 9.05. The summed E-state index contributed by atoms with van der Waals surface area (Å²) in [4.78, 5) is 11.5. The van der Waals surface area contributed by atoms with Crippen LogP contribution in [0.1, 0.15) is 24.6 Å². The van der Waals surface area contributed by atoms with Gasteiger partial charge < -0.3 is 23.7 Å². The molecule has 0 spiro atoms. The smallest absolute Gasteiger partial charge is 0.479 e. The van der Waals surface area contributed by atoms with E-state index < -0.39 is 24.2 Å². The topological polar surface area (TPSA) is 86.7 Å². The van der Waals surface area contributed by atoms with E-state index in [1.807, 2.05) is 6.92 Å². The van der Waals surface area contributed by atoms with Crippen LogP contribution >= 0.6 is 23.2 Å². The number of nitrogens with zero attached hydrogens (tertiary/aromatic N) is 2. The van der Waals surface area contributed by atoms with Crippen LogP contribution in [0.4, 0.5) is 13.2 Å². The van der Waals surface area contributed by atoms with Gasteiger partial charge in [-0.15, -0.1) is 13.2 Å². The number of carboxylic acids is 1. The fourth-order valence-corrected chi connectivity index (χ4v) is 4.98. The molecule has 40 heavy (non-hydrogen) atoms. The third-order valence-corrected chi connectivity index (χ3v) is 7.07. The molecule has 0 aliphatic heterocycles. The van der Waals surface area contributed by atoms with E-state index in [1.165, 1.54) is 18.2 Å².